The minimum atomic E-state index is -0.211. The van der Waals surface area contributed by atoms with Crippen molar-refractivity contribution in [2.45, 2.75) is 38.5 Å². The minimum absolute atomic E-state index is 0.180. The number of para-hydroxylation sites is 4. The van der Waals surface area contributed by atoms with Crippen LogP contribution in [-0.4, -0.2) is 0 Å². The molecule has 57 heavy (non-hydrogen) atoms. The first-order valence-electron chi connectivity index (χ1n) is 19.9. The van der Waals surface area contributed by atoms with Crippen molar-refractivity contribution in [3.05, 3.63) is 204 Å². The number of nitrogens with zero attached hydrogens (tertiary/aromatic N) is 2. The topological polar surface area (TPSA) is 19.6 Å². The Bertz CT molecular complexity index is 3020. The molecule has 3 heteroatoms. The van der Waals surface area contributed by atoms with E-state index in [1.807, 2.05) is 12.1 Å². The fourth-order valence-electron chi connectivity index (χ4n) is 9.61. The molecule has 0 atom stereocenters. The van der Waals surface area contributed by atoms with Gasteiger partial charge in [-0.25, -0.2) is 0 Å². The summed E-state index contributed by atoms with van der Waals surface area (Å²) in [4.78, 5) is 4.87. The molecule has 2 aliphatic heterocycles. The number of hydrogen-bond acceptors (Lipinski definition) is 3. The molecule has 11 rings (SSSR count). The van der Waals surface area contributed by atoms with Crippen molar-refractivity contribution >= 4 is 56.1 Å². The fraction of sp³-hybridized carbons (Fsp3) is 0.111. The van der Waals surface area contributed by atoms with Crippen molar-refractivity contribution in [1.29, 1.82) is 0 Å². The van der Waals surface area contributed by atoms with E-state index in [4.69, 9.17) is 4.42 Å². The zero-order chi connectivity index (χ0) is 38.5. The van der Waals surface area contributed by atoms with Gasteiger partial charge in [0.2, 0.25) is 0 Å². The van der Waals surface area contributed by atoms with Crippen molar-refractivity contribution in [2.24, 2.45) is 0 Å². The maximum atomic E-state index is 6.12. The lowest BCUT2D eigenvalue weighted by Crippen LogP contribution is -2.31. The molecule has 0 amide bonds. The van der Waals surface area contributed by atoms with Gasteiger partial charge >= 0.3 is 0 Å². The second kappa shape index (κ2) is 12.3. The Morgan fingerprint density at radius 3 is 1.39 bits per heavy atom. The molecule has 0 bridgehead atoms. The molecule has 3 nitrogen and oxygen atoms in total. The Labute approximate surface area is 334 Å². The van der Waals surface area contributed by atoms with Crippen LogP contribution in [0.2, 0.25) is 0 Å². The van der Waals surface area contributed by atoms with Gasteiger partial charge < -0.3 is 14.2 Å². The molecule has 2 aliphatic rings. The zero-order valence-electron chi connectivity index (χ0n) is 32.6. The SMILES string of the molecule is CC1(C)c2ccccc2N(c2ccccc2)c2ccc(-c3ccc4c(c3)C(C)(C)c3ccccc3N4c3ccc(-c4ccc5oc6ccccc6c5c4)cc3)cc21. The van der Waals surface area contributed by atoms with Gasteiger partial charge in [-0.2, -0.15) is 0 Å². The number of furan rings is 1. The van der Waals surface area contributed by atoms with E-state index in [2.05, 4.69) is 207 Å². The standard InChI is InChI=1S/C54H42N2O/c1-53(2)43-17-9-11-19-47(43)55(39-14-6-5-7-15-39)49-29-24-37(33-45(49)53)38-25-30-50-46(34-38)54(3,4)44-18-10-12-20-48(44)56(50)40-27-22-35(23-28-40)36-26-31-52-42(32-36)41-16-8-13-21-51(41)57-52/h5-34H,1-4H3. The summed E-state index contributed by atoms with van der Waals surface area (Å²) in [5.41, 5.74) is 18.7. The van der Waals surface area contributed by atoms with Crippen LogP contribution < -0.4 is 9.80 Å². The molecule has 0 spiro atoms. The smallest absolute Gasteiger partial charge is 0.135 e. The van der Waals surface area contributed by atoms with Gasteiger partial charge in [-0.3, -0.25) is 0 Å². The highest BCUT2D eigenvalue weighted by Crippen LogP contribution is 2.55. The second-order valence-electron chi connectivity index (χ2n) is 16.6. The van der Waals surface area contributed by atoms with Crippen LogP contribution in [0, 0.1) is 0 Å². The van der Waals surface area contributed by atoms with E-state index in [1.165, 1.54) is 72.9 Å². The van der Waals surface area contributed by atoms with Crippen LogP contribution in [-0.2, 0) is 10.8 Å². The van der Waals surface area contributed by atoms with Gasteiger partial charge in [-0.15, -0.1) is 0 Å². The van der Waals surface area contributed by atoms with Crippen molar-refractivity contribution in [1.82, 2.24) is 0 Å². The molecule has 0 saturated heterocycles. The van der Waals surface area contributed by atoms with Crippen molar-refractivity contribution in [3.63, 3.8) is 0 Å². The highest BCUT2D eigenvalue weighted by atomic mass is 16.3. The Hall–Kier alpha value is -6.84. The van der Waals surface area contributed by atoms with Crippen LogP contribution in [0.3, 0.4) is 0 Å². The van der Waals surface area contributed by atoms with Crippen LogP contribution >= 0.6 is 0 Å². The molecular weight excluding hydrogens is 693 g/mol. The van der Waals surface area contributed by atoms with Crippen LogP contribution in [0.5, 0.6) is 0 Å². The van der Waals surface area contributed by atoms with E-state index < -0.39 is 0 Å². The first kappa shape index (κ1) is 33.5. The lowest BCUT2D eigenvalue weighted by molar-refractivity contribution is 0.631. The van der Waals surface area contributed by atoms with Gasteiger partial charge in [0.15, 0.2) is 0 Å². The van der Waals surface area contributed by atoms with Crippen molar-refractivity contribution < 1.29 is 4.42 Å². The number of fused-ring (bicyclic) bond motifs is 7. The molecule has 0 saturated carbocycles. The summed E-state index contributed by atoms with van der Waals surface area (Å²) in [5.74, 6) is 0. The van der Waals surface area contributed by atoms with Gasteiger partial charge in [-0.1, -0.05) is 131 Å². The first-order chi connectivity index (χ1) is 27.8. The molecule has 3 heterocycles. The predicted molar refractivity (Wildman–Crippen MR) is 238 cm³/mol. The largest absolute Gasteiger partial charge is 0.456 e. The molecule has 8 aromatic carbocycles. The van der Waals surface area contributed by atoms with E-state index >= 15 is 0 Å². The number of anilines is 6. The molecule has 9 aromatic rings. The van der Waals surface area contributed by atoms with Gasteiger partial charge in [0.25, 0.3) is 0 Å². The Morgan fingerprint density at radius 2 is 0.772 bits per heavy atom. The maximum absolute atomic E-state index is 6.12. The molecule has 0 fully saturated rings. The summed E-state index contributed by atoms with van der Waals surface area (Å²) in [6.45, 7) is 9.47. The highest BCUT2D eigenvalue weighted by molar-refractivity contribution is 6.06. The normalized spacial score (nSPS) is 14.9. The van der Waals surface area contributed by atoms with Gasteiger partial charge in [0.1, 0.15) is 11.2 Å². The predicted octanol–water partition coefficient (Wildman–Crippen LogP) is 15.1. The van der Waals surface area contributed by atoms with Crippen LogP contribution in [0.15, 0.2) is 186 Å². The lowest BCUT2D eigenvalue weighted by Gasteiger charge is -2.43. The second-order valence-corrected chi connectivity index (χ2v) is 16.6. The van der Waals surface area contributed by atoms with Crippen molar-refractivity contribution in [2.75, 3.05) is 9.80 Å². The zero-order valence-corrected chi connectivity index (χ0v) is 32.6. The van der Waals surface area contributed by atoms with E-state index in [-0.39, 0.29) is 10.8 Å². The molecule has 274 valence electrons. The number of benzene rings is 8. The molecule has 0 radical (unpaired) electrons. The van der Waals surface area contributed by atoms with Crippen LogP contribution in [0.1, 0.15) is 49.9 Å². The van der Waals surface area contributed by atoms with Crippen LogP contribution in [0.25, 0.3) is 44.2 Å². The average Bonchev–Trinajstić information content (AvgIpc) is 3.63. The average molecular weight is 735 g/mol. The van der Waals surface area contributed by atoms with E-state index in [0.29, 0.717) is 0 Å². The third-order valence-corrected chi connectivity index (χ3v) is 12.6. The van der Waals surface area contributed by atoms with E-state index in [0.717, 1.165) is 27.6 Å². The quantitative estimate of drug-likeness (QED) is 0.179. The Morgan fingerprint density at radius 1 is 0.333 bits per heavy atom. The van der Waals surface area contributed by atoms with Crippen LogP contribution in [0.4, 0.5) is 34.1 Å². The summed E-state index contributed by atoms with van der Waals surface area (Å²) < 4.78 is 6.12. The Kier molecular flexibility index (Phi) is 7.25. The summed E-state index contributed by atoms with van der Waals surface area (Å²) in [5, 5.41) is 2.29. The third kappa shape index (κ3) is 5.05. The summed E-state index contributed by atoms with van der Waals surface area (Å²) in [6, 6.07) is 66.5. The summed E-state index contributed by atoms with van der Waals surface area (Å²) in [6.07, 6.45) is 0. The van der Waals surface area contributed by atoms with Gasteiger partial charge in [0.05, 0.1) is 22.7 Å². The molecular formula is C54H42N2O. The third-order valence-electron chi connectivity index (χ3n) is 12.6. The Balaban J connectivity index is 1.01. The lowest BCUT2D eigenvalue weighted by atomic mass is 9.71. The van der Waals surface area contributed by atoms with Gasteiger partial charge in [-0.05, 0) is 123 Å². The molecule has 0 aliphatic carbocycles. The van der Waals surface area contributed by atoms with E-state index in [1.54, 1.807) is 0 Å². The molecule has 0 N–H and O–H groups in total. The van der Waals surface area contributed by atoms with Gasteiger partial charge in [0, 0.05) is 33.0 Å². The minimum Gasteiger partial charge on any atom is -0.456 e. The summed E-state index contributed by atoms with van der Waals surface area (Å²) >= 11 is 0. The molecule has 0 unspecified atom stereocenters. The molecule has 1 aromatic heterocycles. The fourth-order valence-corrected chi connectivity index (χ4v) is 9.61. The number of hydrogen-bond donors (Lipinski definition) is 0. The highest BCUT2D eigenvalue weighted by Gasteiger charge is 2.39. The van der Waals surface area contributed by atoms with E-state index in [9.17, 15) is 0 Å². The number of rotatable bonds is 4. The summed E-state index contributed by atoms with van der Waals surface area (Å²) in [7, 11) is 0. The van der Waals surface area contributed by atoms with Crippen molar-refractivity contribution in [3.8, 4) is 22.3 Å². The first-order valence-corrected chi connectivity index (χ1v) is 19.9. The maximum Gasteiger partial charge on any atom is 0.135 e. The monoisotopic (exact) mass is 734 g/mol.